The van der Waals surface area contributed by atoms with E-state index >= 15 is 0 Å². The lowest BCUT2D eigenvalue weighted by atomic mass is 10.2. The zero-order valence-electron chi connectivity index (χ0n) is 13.9. The van der Waals surface area contributed by atoms with Crippen LogP contribution in [0.5, 0.6) is 0 Å². The van der Waals surface area contributed by atoms with Crippen molar-refractivity contribution < 1.29 is 9.53 Å². The van der Waals surface area contributed by atoms with Crippen LogP contribution in [0.4, 0.5) is 0 Å². The van der Waals surface area contributed by atoms with Gasteiger partial charge in [0.1, 0.15) is 12.7 Å². The van der Waals surface area contributed by atoms with Gasteiger partial charge in [0.05, 0.1) is 32.7 Å². The third kappa shape index (κ3) is 3.17. The Labute approximate surface area is 154 Å². The molecule has 0 aliphatic rings. The Hall–Kier alpha value is -3.17. The first-order valence-electron chi connectivity index (χ1n) is 8.23. The molecule has 0 bridgehead atoms. The second-order valence-corrected chi connectivity index (χ2v) is 6.99. The van der Waals surface area contributed by atoms with Crippen LogP contribution in [0.15, 0.2) is 54.9 Å². The van der Waals surface area contributed by atoms with Crippen LogP contribution in [0.25, 0.3) is 15.7 Å². The SMILES string of the molecule is N#Cc1c(COC(=O)CCc2nc3ccccc3s2)cn2ccccc12. The molecule has 128 valence electrons. The molecule has 0 atom stereocenters. The summed E-state index contributed by atoms with van der Waals surface area (Å²) in [5, 5.41) is 10.3. The number of fused-ring (bicyclic) bond motifs is 2. The largest absolute Gasteiger partial charge is 0.461 e. The highest BCUT2D eigenvalue weighted by Gasteiger charge is 2.13. The molecule has 0 radical (unpaired) electrons. The number of pyridine rings is 1. The van der Waals surface area contributed by atoms with Crippen molar-refractivity contribution in [1.82, 2.24) is 9.38 Å². The monoisotopic (exact) mass is 361 g/mol. The van der Waals surface area contributed by atoms with E-state index in [1.807, 2.05) is 59.3 Å². The summed E-state index contributed by atoms with van der Waals surface area (Å²) in [6.07, 6.45) is 4.53. The molecule has 0 spiro atoms. The minimum absolute atomic E-state index is 0.100. The van der Waals surface area contributed by atoms with Gasteiger partial charge in [-0.15, -0.1) is 11.3 Å². The summed E-state index contributed by atoms with van der Waals surface area (Å²) in [5.41, 5.74) is 3.03. The molecule has 5 nitrogen and oxygen atoms in total. The van der Waals surface area contributed by atoms with E-state index in [1.54, 1.807) is 11.3 Å². The zero-order valence-corrected chi connectivity index (χ0v) is 14.7. The molecule has 0 aliphatic heterocycles. The Morgan fingerprint density at radius 2 is 2.08 bits per heavy atom. The van der Waals surface area contributed by atoms with Gasteiger partial charge < -0.3 is 9.14 Å². The van der Waals surface area contributed by atoms with Crippen LogP contribution in [-0.2, 0) is 22.6 Å². The number of nitriles is 1. The summed E-state index contributed by atoms with van der Waals surface area (Å²) in [6.45, 7) is 0.100. The number of carbonyl (C=O) groups is 1. The Kier molecular flexibility index (Phi) is 4.38. The highest BCUT2D eigenvalue weighted by atomic mass is 32.1. The fraction of sp³-hybridized carbons (Fsp3) is 0.150. The van der Waals surface area contributed by atoms with Crippen LogP contribution in [-0.4, -0.2) is 15.4 Å². The van der Waals surface area contributed by atoms with E-state index < -0.39 is 0 Å². The van der Waals surface area contributed by atoms with Crippen molar-refractivity contribution in [1.29, 1.82) is 5.26 Å². The molecular formula is C20H15N3O2S. The van der Waals surface area contributed by atoms with E-state index in [9.17, 15) is 10.1 Å². The highest BCUT2D eigenvalue weighted by Crippen LogP contribution is 2.23. The number of thiazole rings is 1. The molecule has 4 aromatic rings. The summed E-state index contributed by atoms with van der Waals surface area (Å²) in [5.74, 6) is -0.289. The van der Waals surface area contributed by atoms with Crippen LogP contribution in [0.2, 0.25) is 0 Å². The minimum Gasteiger partial charge on any atom is -0.461 e. The van der Waals surface area contributed by atoms with Gasteiger partial charge in [0.25, 0.3) is 0 Å². The fourth-order valence-electron chi connectivity index (χ4n) is 2.88. The molecule has 0 unspecified atom stereocenters. The van der Waals surface area contributed by atoms with Crippen LogP contribution < -0.4 is 0 Å². The lowest BCUT2D eigenvalue weighted by Crippen LogP contribution is -2.06. The standard InChI is InChI=1S/C20H15N3O2S/c21-11-15-14(12-23-10-4-3-6-17(15)23)13-25-20(24)9-8-19-22-16-5-1-2-7-18(16)26-19/h1-7,10,12H,8-9,13H2. The summed E-state index contributed by atoms with van der Waals surface area (Å²) in [4.78, 5) is 16.6. The Morgan fingerprint density at radius 1 is 1.23 bits per heavy atom. The third-order valence-electron chi connectivity index (χ3n) is 4.14. The molecule has 1 aromatic carbocycles. The second kappa shape index (κ2) is 6.98. The predicted molar refractivity (Wildman–Crippen MR) is 99.8 cm³/mol. The van der Waals surface area contributed by atoms with E-state index in [4.69, 9.17) is 4.74 Å². The molecule has 0 amide bonds. The van der Waals surface area contributed by atoms with Crippen molar-refractivity contribution in [3.8, 4) is 6.07 Å². The number of rotatable bonds is 5. The molecule has 0 fully saturated rings. The van der Waals surface area contributed by atoms with Crippen LogP contribution in [0, 0.1) is 11.3 Å². The molecule has 0 saturated heterocycles. The van der Waals surface area contributed by atoms with Crippen molar-refractivity contribution in [3.05, 3.63) is 71.0 Å². The number of hydrogen-bond acceptors (Lipinski definition) is 5. The topological polar surface area (TPSA) is 67.4 Å². The lowest BCUT2D eigenvalue weighted by molar-refractivity contribution is -0.144. The van der Waals surface area contributed by atoms with E-state index in [0.717, 1.165) is 20.7 Å². The third-order valence-corrected chi connectivity index (χ3v) is 5.24. The Bertz CT molecular complexity index is 1100. The predicted octanol–water partition coefficient (Wildman–Crippen LogP) is 4.10. The van der Waals surface area contributed by atoms with Gasteiger partial charge in [-0.25, -0.2) is 4.98 Å². The molecule has 26 heavy (non-hydrogen) atoms. The number of nitrogens with zero attached hydrogens (tertiary/aromatic N) is 3. The number of esters is 1. The number of carbonyl (C=O) groups excluding carboxylic acids is 1. The maximum Gasteiger partial charge on any atom is 0.306 e. The first-order valence-corrected chi connectivity index (χ1v) is 9.05. The summed E-state index contributed by atoms with van der Waals surface area (Å²) in [6, 6.07) is 15.8. The van der Waals surface area contributed by atoms with Crippen LogP contribution >= 0.6 is 11.3 Å². The lowest BCUT2D eigenvalue weighted by Gasteiger charge is -2.03. The molecule has 3 heterocycles. The number of aromatic nitrogens is 2. The first kappa shape index (κ1) is 16.3. The van der Waals surface area contributed by atoms with Crippen molar-refractivity contribution in [2.24, 2.45) is 0 Å². The summed E-state index contributed by atoms with van der Waals surface area (Å²) < 4.78 is 8.35. The average Bonchev–Trinajstić information content (AvgIpc) is 3.24. The van der Waals surface area contributed by atoms with Crippen molar-refractivity contribution >= 4 is 33.0 Å². The number of aryl methyl sites for hydroxylation is 1. The quantitative estimate of drug-likeness (QED) is 0.502. The number of hydrogen-bond donors (Lipinski definition) is 0. The van der Waals surface area contributed by atoms with Gasteiger partial charge in [0, 0.05) is 24.4 Å². The van der Waals surface area contributed by atoms with Crippen LogP contribution in [0.3, 0.4) is 0 Å². The van der Waals surface area contributed by atoms with E-state index in [1.165, 1.54) is 0 Å². The van der Waals surface area contributed by atoms with Gasteiger partial charge in [-0.3, -0.25) is 4.79 Å². The second-order valence-electron chi connectivity index (χ2n) is 5.87. The van der Waals surface area contributed by atoms with Gasteiger partial charge in [-0.05, 0) is 24.3 Å². The number of para-hydroxylation sites is 1. The Morgan fingerprint density at radius 3 is 2.92 bits per heavy atom. The van der Waals surface area contributed by atoms with Gasteiger partial charge in [0.15, 0.2) is 0 Å². The van der Waals surface area contributed by atoms with Gasteiger partial charge in [0.2, 0.25) is 0 Å². The molecule has 4 rings (SSSR count). The van der Waals surface area contributed by atoms with Crippen molar-refractivity contribution in [2.45, 2.75) is 19.4 Å². The molecule has 0 aliphatic carbocycles. The number of benzene rings is 1. The maximum absolute atomic E-state index is 12.1. The Balaban J connectivity index is 1.39. The molecular weight excluding hydrogens is 346 g/mol. The number of ether oxygens (including phenoxy) is 1. The smallest absolute Gasteiger partial charge is 0.306 e. The van der Waals surface area contributed by atoms with Gasteiger partial charge in [-0.1, -0.05) is 18.2 Å². The normalized spacial score (nSPS) is 10.9. The van der Waals surface area contributed by atoms with Gasteiger partial charge >= 0.3 is 5.97 Å². The maximum atomic E-state index is 12.1. The van der Waals surface area contributed by atoms with E-state index in [-0.39, 0.29) is 19.0 Å². The van der Waals surface area contributed by atoms with Crippen molar-refractivity contribution in [2.75, 3.05) is 0 Å². The van der Waals surface area contributed by atoms with E-state index in [2.05, 4.69) is 11.1 Å². The fourth-order valence-corrected chi connectivity index (χ4v) is 3.85. The van der Waals surface area contributed by atoms with Crippen LogP contribution in [0.1, 0.15) is 22.6 Å². The first-order chi connectivity index (χ1) is 12.7. The van der Waals surface area contributed by atoms with E-state index in [0.29, 0.717) is 17.5 Å². The average molecular weight is 361 g/mol. The molecule has 3 aromatic heterocycles. The summed E-state index contributed by atoms with van der Waals surface area (Å²) in [7, 11) is 0. The van der Waals surface area contributed by atoms with Crippen molar-refractivity contribution in [3.63, 3.8) is 0 Å². The van der Waals surface area contributed by atoms with Gasteiger partial charge in [-0.2, -0.15) is 5.26 Å². The highest BCUT2D eigenvalue weighted by molar-refractivity contribution is 7.18. The summed E-state index contributed by atoms with van der Waals surface area (Å²) >= 11 is 1.60. The zero-order chi connectivity index (χ0) is 17.9. The molecule has 0 saturated carbocycles. The molecule has 6 heteroatoms. The molecule has 0 N–H and O–H groups in total. The minimum atomic E-state index is -0.289.